The molecule has 0 saturated heterocycles. The van der Waals surface area contributed by atoms with E-state index in [4.69, 9.17) is 16.7 Å². The number of imidazole rings is 1. The highest BCUT2D eigenvalue weighted by atomic mass is 35.5. The molecular weight excluding hydrogens is 228 g/mol. The molecule has 2 N–H and O–H groups in total. The highest BCUT2D eigenvalue weighted by Crippen LogP contribution is 2.21. The lowest BCUT2D eigenvalue weighted by Gasteiger charge is -1.97. The third kappa shape index (κ3) is 1.92. The molecule has 0 amide bonds. The van der Waals surface area contributed by atoms with Gasteiger partial charge >= 0.3 is 5.97 Å². The fraction of sp³-hybridized carbons (Fsp3) is 0.0909. The van der Waals surface area contributed by atoms with Gasteiger partial charge in [0, 0.05) is 5.56 Å². The molecule has 2 rings (SSSR count). The third-order valence-corrected chi connectivity index (χ3v) is 2.43. The molecule has 0 aliphatic carbocycles. The van der Waals surface area contributed by atoms with Gasteiger partial charge in [-0.3, -0.25) is 0 Å². The Hall–Kier alpha value is -1.81. The van der Waals surface area contributed by atoms with Gasteiger partial charge in [-0.05, 0) is 13.0 Å². The number of aromatic amines is 1. The fourth-order valence-electron chi connectivity index (χ4n) is 1.42. The molecule has 1 aromatic heterocycles. The van der Waals surface area contributed by atoms with Crippen LogP contribution in [0.1, 0.15) is 16.1 Å². The van der Waals surface area contributed by atoms with Crippen molar-refractivity contribution in [1.29, 1.82) is 0 Å². The highest BCUT2D eigenvalue weighted by Gasteiger charge is 2.15. The number of nitrogens with zero attached hydrogens (tertiary/aromatic N) is 1. The summed E-state index contributed by atoms with van der Waals surface area (Å²) in [5.74, 6) is -0.675. The Morgan fingerprint density at radius 3 is 2.81 bits per heavy atom. The van der Waals surface area contributed by atoms with Crippen molar-refractivity contribution >= 4 is 17.6 Å². The SMILES string of the molecule is Cc1cccc(-c2nc(C(=O)O)c(Cl)[nH]2)c1. The molecule has 0 spiro atoms. The average molecular weight is 237 g/mol. The summed E-state index contributed by atoms with van der Waals surface area (Å²) < 4.78 is 0. The van der Waals surface area contributed by atoms with E-state index in [1.807, 2.05) is 31.2 Å². The largest absolute Gasteiger partial charge is 0.476 e. The van der Waals surface area contributed by atoms with Gasteiger partial charge in [-0.2, -0.15) is 0 Å². The van der Waals surface area contributed by atoms with Crippen molar-refractivity contribution in [1.82, 2.24) is 9.97 Å². The number of aromatic nitrogens is 2. The van der Waals surface area contributed by atoms with Crippen LogP contribution in [0.25, 0.3) is 11.4 Å². The van der Waals surface area contributed by atoms with E-state index in [9.17, 15) is 4.79 Å². The molecule has 1 aromatic carbocycles. The van der Waals surface area contributed by atoms with Crippen molar-refractivity contribution in [2.24, 2.45) is 0 Å². The number of carboxylic acid groups (broad SMARTS) is 1. The summed E-state index contributed by atoms with van der Waals surface area (Å²) in [6, 6.07) is 7.57. The van der Waals surface area contributed by atoms with Crippen molar-refractivity contribution in [2.45, 2.75) is 6.92 Å². The summed E-state index contributed by atoms with van der Waals surface area (Å²) in [6.07, 6.45) is 0. The summed E-state index contributed by atoms with van der Waals surface area (Å²) >= 11 is 5.73. The summed E-state index contributed by atoms with van der Waals surface area (Å²) in [5, 5.41) is 8.86. The van der Waals surface area contributed by atoms with Gasteiger partial charge in [0.25, 0.3) is 0 Å². The van der Waals surface area contributed by atoms with Crippen LogP contribution in [-0.4, -0.2) is 21.0 Å². The summed E-state index contributed by atoms with van der Waals surface area (Å²) in [4.78, 5) is 17.4. The van der Waals surface area contributed by atoms with Crippen LogP contribution >= 0.6 is 11.6 Å². The lowest BCUT2D eigenvalue weighted by atomic mass is 10.1. The first-order valence-electron chi connectivity index (χ1n) is 4.64. The molecular formula is C11H9ClN2O2. The van der Waals surface area contributed by atoms with Crippen LogP contribution in [0.5, 0.6) is 0 Å². The topological polar surface area (TPSA) is 66.0 Å². The minimum Gasteiger partial charge on any atom is -0.476 e. The Morgan fingerprint density at radius 1 is 1.50 bits per heavy atom. The summed E-state index contributed by atoms with van der Waals surface area (Å²) in [7, 11) is 0. The number of carboxylic acids is 1. The molecule has 5 heteroatoms. The molecule has 2 aromatic rings. The number of hydrogen-bond acceptors (Lipinski definition) is 2. The molecule has 0 aliphatic heterocycles. The standard InChI is InChI=1S/C11H9ClN2O2/c1-6-3-2-4-7(5-6)10-13-8(11(15)16)9(12)14-10/h2-5H,1H3,(H,13,14)(H,15,16). The van der Waals surface area contributed by atoms with E-state index in [1.165, 1.54) is 0 Å². The number of carbonyl (C=O) groups is 1. The van der Waals surface area contributed by atoms with Crippen LogP contribution in [0.3, 0.4) is 0 Å². The van der Waals surface area contributed by atoms with Gasteiger partial charge in [0.05, 0.1) is 0 Å². The second-order valence-electron chi connectivity index (χ2n) is 3.42. The zero-order valence-corrected chi connectivity index (χ0v) is 9.25. The number of halogens is 1. The zero-order valence-electron chi connectivity index (χ0n) is 8.49. The molecule has 4 nitrogen and oxygen atoms in total. The molecule has 0 saturated carbocycles. The Labute approximate surface area is 96.9 Å². The van der Waals surface area contributed by atoms with Gasteiger partial charge in [-0.15, -0.1) is 0 Å². The van der Waals surface area contributed by atoms with Crippen LogP contribution in [0.2, 0.25) is 5.15 Å². The van der Waals surface area contributed by atoms with Crippen molar-refractivity contribution in [3.05, 3.63) is 40.7 Å². The lowest BCUT2D eigenvalue weighted by molar-refractivity contribution is 0.0691. The van der Waals surface area contributed by atoms with E-state index in [0.717, 1.165) is 11.1 Å². The van der Waals surface area contributed by atoms with Crippen LogP contribution in [0.15, 0.2) is 24.3 Å². The minimum atomic E-state index is -1.14. The Bertz CT molecular complexity index is 549. The smallest absolute Gasteiger partial charge is 0.357 e. The minimum absolute atomic E-state index is 0.0454. The first-order valence-corrected chi connectivity index (χ1v) is 5.01. The van der Waals surface area contributed by atoms with Crippen molar-refractivity contribution in [2.75, 3.05) is 0 Å². The molecule has 0 aliphatic rings. The van der Waals surface area contributed by atoms with Gasteiger partial charge < -0.3 is 10.1 Å². The molecule has 1 heterocycles. The van der Waals surface area contributed by atoms with Crippen molar-refractivity contribution in [3.8, 4) is 11.4 Å². The number of nitrogens with one attached hydrogen (secondary N) is 1. The predicted octanol–water partition coefficient (Wildman–Crippen LogP) is 2.74. The predicted molar refractivity (Wildman–Crippen MR) is 60.7 cm³/mol. The molecule has 16 heavy (non-hydrogen) atoms. The Balaban J connectivity index is 2.49. The monoisotopic (exact) mass is 236 g/mol. The molecule has 0 fully saturated rings. The van der Waals surface area contributed by atoms with E-state index >= 15 is 0 Å². The maximum Gasteiger partial charge on any atom is 0.357 e. The molecule has 0 unspecified atom stereocenters. The lowest BCUT2D eigenvalue weighted by Crippen LogP contribution is -1.96. The van der Waals surface area contributed by atoms with Crippen LogP contribution < -0.4 is 0 Å². The fourth-order valence-corrected chi connectivity index (χ4v) is 1.64. The van der Waals surface area contributed by atoms with Crippen LogP contribution in [-0.2, 0) is 0 Å². The van der Waals surface area contributed by atoms with Crippen molar-refractivity contribution < 1.29 is 9.90 Å². The quantitative estimate of drug-likeness (QED) is 0.843. The number of aryl methyl sites for hydroxylation is 1. The summed E-state index contributed by atoms with van der Waals surface area (Å²) in [6.45, 7) is 1.95. The number of aromatic carboxylic acids is 1. The highest BCUT2D eigenvalue weighted by molar-refractivity contribution is 6.32. The van der Waals surface area contributed by atoms with Gasteiger partial charge in [0.1, 0.15) is 11.0 Å². The first-order chi connectivity index (χ1) is 7.58. The normalized spacial score (nSPS) is 10.4. The Morgan fingerprint density at radius 2 is 2.25 bits per heavy atom. The number of H-pyrrole nitrogens is 1. The molecule has 0 atom stereocenters. The maximum absolute atomic E-state index is 10.8. The van der Waals surface area contributed by atoms with E-state index in [2.05, 4.69) is 9.97 Å². The van der Waals surface area contributed by atoms with Crippen molar-refractivity contribution in [3.63, 3.8) is 0 Å². The molecule has 0 bridgehead atoms. The van der Waals surface area contributed by atoms with E-state index in [0.29, 0.717) is 5.82 Å². The van der Waals surface area contributed by atoms with E-state index < -0.39 is 5.97 Å². The van der Waals surface area contributed by atoms with Crippen LogP contribution in [0, 0.1) is 6.92 Å². The van der Waals surface area contributed by atoms with Gasteiger partial charge in [0.15, 0.2) is 5.69 Å². The molecule has 82 valence electrons. The number of benzene rings is 1. The van der Waals surface area contributed by atoms with Gasteiger partial charge in [0.2, 0.25) is 0 Å². The third-order valence-electron chi connectivity index (χ3n) is 2.15. The maximum atomic E-state index is 10.8. The second-order valence-corrected chi connectivity index (χ2v) is 3.80. The number of rotatable bonds is 2. The summed E-state index contributed by atoms with van der Waals surface area (Å²) in [5.41, 5.74) is 1.73. The first kappa shape index (κ1) is 10.7. The zero-order chi connectivity index (χ0) is 11.7. The Kier molecular flexibility index (Phi) is 2.66. The molecule has 0 radical (unpaired) electrons. The number of hydrogen-bond donors (Lipinski definition) is 2. The van der Waals surface area contributed by atoms with Gasteiger partial charge in [-0.1, -0.05) is 35.4 Å². The van der Waals surface area contributed by atoms with E-state index in [1.54, 1.807) is 0 Å². The second kappa shape index (κ2) is 3.98. The average Bonchev–Trinajstić information content (AvgIpc) is 2.60. The van der Waals surface area contributed by atoms with Crippen LogP contribution in [0.4, 0.5) is 0 Å². The van der Waals surface area contributed by atoms with E-state index in [-0.39, 0.29) is 10.8 Å². The van der Waals surface area contributed by atoms with Gasteiger partial charge in [-0.25, -0.2) is 9.78 Å².